The quantitative estimate of drug-likeness (QED) is 0.123. The lowest BCUT2D eigenvalue weighted by Crippen LogP contribution is -2.17. The number of alkyl halides is 3. The molecule has 0 amide bonds. The maximum Gasteiger partial charge on any atom is 0.573 e. The van der Waals surface area contributed by atoms with E-state index in [1.54, 1.807) is 0 Å². The average Bonchev–Trinajstić information content (AvgIpc) is 2.81. The van der Waals surface area contributed by atoms with Crippen molar-refractivity contribution in [2.45, 2.75) is 6.36 Å². The summed E-state index contributed by atoms with van der Waals surface area (Å²) in [6.07, 6.45) is -4.96. The Balaban J connectivity index is 0.000000328. The molecule has 0 N–H and O–H groups in total. The molecule has 200 valence electrons. The van der Waals surface area contributed by atoms with Gasteiger partial charge in [0.05, 0.1) is 17.0 Å². The molecule has 0 unspecified atom stereocenters. The highest BCUT2D eigenvalue weighted by molar-refractivity contribution is 6.67. The third-order valence-corrected chi connectivity index (χ3v) is 4.94. The van der Waals surface area contributed by atoms with Crippen LogP contribution in [0.3, 0.4) is 0 Å². The predicted octanol–water partition coefficient (Wildman–Crippen LogP) is 7.01. The molecule has 38 heavy (non-hydrogen) atoms. The van der Waals surface area contributed by atoms with Crippen molar-refractivity contribution in [1.29, 1.82) is 0 Å². The van der Waals surface area contributed by atoms with Crippen molar-refractivity contribution in [1.82, 2.24) is 0 Å². The van der Waals surface area contributed by atoms with Crippen molar-refractivity contribution < 1.29 is 42.1 Å². The molecule has 3 aromatic rings. The molecule has 3 rings (SSSR count). The lowest BCUT2D eigenvalue weighted by atomic mass is 10.0. The SMILES string of the molecule is COc1cc(OC(F)(F)F)cc(C(=O)c2cc(Cl)cc([N+](=O)[O-])c2)c1.O=C(Cl)c1cc(Cl)cc([N+](=O)[O-])c1. The van der Waals surface area contributed by atoms with E-state index < -0.39 is 38.7 Å². The molecule has 0 heterocycles. The van der Waals surface area contributed by atoms with Crippen LogP contribution in [0.2, 0.25) is 10.0 Å². The second-order valence-corrected chi connectivity index (χ2v) is 8.17. The molecule has 0 spiro atoms. The number of nitro benzene ring substituents is 2. The van der Waals surface area contributed by atoms with Gasteiger partial charge in [-0.05, 0) is 35.9 Å². The highest BCUT2D eigenvalue weighted by Crippen LogP contribution is 2.30. The van der Waals surface area contributed by atoms with Crippen LogP contribution in [-0.4, -0.2) is 34.3 Å². The van der Waals surface area contributed by atoms with E-state index in [9.17, 15) is 43.0 Å². The summed E-state index contributed by atoms with van der Waals surface area (Å²) < 4.78 is 45.8. The van der Waals surface area contributed by atoms with Gasteiger partial charge in [0.1, 0.15) is 11.5 Å². The molecule has 10 nitrogen and oxygen atoms in total. The second-order valence-electron chi connectivity index (χ2n) is 6.96. The Labute approximate surface area is 225 Å². The Bertz CT molecular complexity index is 1380. The first-order valence-electron chi connectivity index (χ1n) is 9.69. The minimum atomic E-state index is -4.96. The molecule has 0 aromatic heterocycles. The highest BCUT2D eigenvalue weighted by Gasteiger charge is 2.31. The van der Waals surface area contributed by atoms with Gasteiger partial charge in [-0.15, -0.1) is 13.2 Å². The number of ketones is 1. The van der Waals surface area contributed by atoms with Crippen molar-refractivity contribution in [2.75, 3.05) is 7.11 Å². The number of carbonyl (C=O) groups excluding carboxylic acids is 2. The summed E-state index contributed by atoms with van der Waals surface area (Å²) in [6, 6.07) is 9.64. The number of carbonyl (C=O) groups is 2. The first kappa shape index (κ1) is 30.3. The number of non-ortho nitro benzene ring substituents is 2. The molecule has 16 heteroatoms. The van der Waals surface area contributed by atoms with Crippen LogP contribution in [0.15, 0.2) is 54.6 Å². The topological polar surface area (TPSA) is 139 Å². The van der Waals surface area contributed by atoms with Crippen LogP contribution in [0, 0.1) is 20.2 Å². The van der Waals surface area contributed by atoms with E-state index in [0.29, 0.717) is 0 Å². The molecule has 0 bridgehead atoms. The molecular weight excluding hydrogens is 584 g/mol. The van der Waals surface area contributed by atoms with Gasteiger partial charge in [0.2, 0.25) is 0 Å². The van der Waals surface area contributed by atoms with Crippen LogP contribution in [0.4, 0.5) is 24.5 Å². The van der Waals surface area contributed by atoms with Gasteiger partial charge < -0.3 is 9.47 Å². The number of halogens is 6. The summed E-state index contributed by atoms with van der Waals surface area (Å²) >= 11 is 16.4. The van der Waals surface area contributed by atoms with Crippen molar-refractivity contribution >= 4 is 57.2 Å². The fraction of sp³-hybridized carbons (Fsp3) is 0.0909. The van der Waals surface area contributed by atoms with E-state index >= 15 is 0 Å². The van der Waals surface area contributed by atoms with Crippen LogP contribution in [0.5, 0.6) is 11.5 Å². The van der Waals surface area contributed by atoms with Gasteiger partial charge in [-0.2, -0.15) is 0 Å². The van der Waals surface area contributed by atoms with E-state index in [1.165, 1.54) is 25.3 Å². The summed E-state index contributed by atoms with van der Waals surface area (Å²) in [6.45, 7) is 0. The maximum atomic E-state index is 12.5. The summed E-state index contributed by atoms with van der Waals surface area (Å²) in [5, 5.41) is 20.4. The molecule has 0 saturated carbocycles. The van der Waals surface area contributed by atoms with Gasteiger partial charge in [0.15, 0.2) is 5.78 Å². The van der Waals surface area contributed by atoms with E-state index in [1.807, 2.05) is 0 Å². The Morgan fingerprint density at radius 2 is 1.21 bits per heavy atom. The Morgan fingerprint density at radius 3 is 1.66 bits per heavy atom. The molecule has 3 aromatic carbocycles. The number of hydrogen-bond acceptors (Lipinski definition) is 8. The Kier molecular flexibility index (Phi) is 9.99. The highest BCUT2D eigenvalue weighted by atomic mass is 35.5. The zero-order valence-electron chi connectivity index (χ0n) is 18.6. The van der Waals surface area contributed by atoms with Gasteiger partial charge in [-0.3, -0.25) is 29.8 Å². The molecule has 0 fully saturated rings. The molecule has 0 saturated heterocycles. The summed E-state index contributed by atoms with van der Waals surface area (Å²) in [7, 11) is 1.20. The monoisotopic (exact) mass is 594 g/mol. The number of nitrogens with zero attached hydrogens (tertiary/aromatic N) is 2. The van der Waals surface area contributed by atoms with Crippen LogP contribution >= 0.6 is 34.8 Å². The van der Waals surface area contributed by atoms with Gasteiger partial charge >= 0.3 is 6.36 Å². The van der Waals surface area contributed by atoms with Crippen molar-refractivity contribution in [2.24, 2.45) is 0 Å². The first-order chi connectivity index (χ1) is 17.6. The lowest BCUT2D eigenvalue weighted by molar-refractivity contribution is -0.385. The maximum absolute atomic E-state index is 12.5. The molecule has 0 aliphatic heterocycles. The molecule has 0 aliphatic carbocycles. The zero-order chi connectivity index (χ0) is 28.8. The Morgan fingerprint density at radius 1 is 0.763 bits per heavy atom. The number of nitro groups is 2. The summed E-state index contributed by atoms with van der Waals surface area (Å²) in [5.74, 6) is -1.50. The summed E-state index contributed by atoms with van der Waals surface area (Å²) in [5.41, 5.74) is -1.04. The van der Waals surface area contributed by atoms with Crippen molar-refractivity contribution in [3.05, 3.63) is 102 Å². The van der Waals surface area contributed by atoms with E-state index in [2.05, 4.69) is 4.74 Å². The van der Waals surface area contributed by atoms with E-state index in [-0.39, 0.29) is 38.2 Å². The predicted molar refractivity (Wildman–Crippen MR) is 130 cm³/mol. The van der Waals surface area contributed by atoms with Gasteiger partial charge in [-0.25, -0.2) is 0 Å². The van der Waals surface area contributed by atoms with Crippen molar-refractivity contribution in [3.8, 4) is 11.5 Å². The average molecular weight is 596 g/mol. The zero-order valence-corrected chi connectivity index (χ0v) is 20.9. The number of benzene rings is 3. The minimum absolute atomic E-state index is 0.0147. The molecule has 0 atom stereocenters. The second kappa shape index (κ2) is 12.5. The number of hydrogen-bond donors (Lipinski definition) is 0. The number of ether oxygens (including phenoxy) is 2. The largest absolute Gasteiger partial charge is 0.573 e. The number of rotatable bonds is 7. The van der Waals surface area contributed by atoms with E-state index in [0.717, 1.165) is 36.4 Å². The number of methoxy groups -OCH3 is 1. The fourth-order valence-electron chi connectivity index (χ4n) is 2.78. The van der Waals surface area contributed by atoms with Crippen LogP contribution < -0.4 is 9.47 Å². The fourth-order valence-corrected chi connectivity index (χ4v) is 3.35. The third-order valence-electron chi connectivity index (χ3n) is 4.29. The molecule has 0 aliphatic rings. The van der Waals surface area contributed by atoms with Gasteiger partial charge in [0.25, 0.3) is 16.6 Å². The lowest BCUT2D eigenvalue weighted by Gasteiger charge is -2.12. The third kappa shape index (κ3) is 8.87. The van der Waals surface area contributed by atoms with Crippen LogP contribution in [0.1, 0.15) is 26.3 Å². The minimum Gasteiger partial charge on any atom is -0.497 e. The standard InChI is InChI=1S/C15H9ClF3NO5.C7H3Cl2NO3/c1-24-12-4-9(5-13(7-12)25-15(17,18)19)14(21)8-2-10(16)6-11(3-8)20(22)23;8-5-1-4(7(9)11)2-6(3-5)10(12)13/h2-7H,1H3;1-3H. The van der Waals surface area contributed by atoms with E-state index in [4.69, 9.17) is 39.5 Å². The Hall–Kier alpha value is -3.94. The van der Waals surface area contributed by atoms with Gasteiger partial charge in [-0.1, -0.05) is 23.2 Å². The van der Waals surface area contributed by atoms with Gasteiger partial charge in [0, 0.05) is 57.1 Å². The normalized spacial score (nSPS) is 10.6. The first-order valence-corrected chi connectivity index (χ1v) is 10.8. The molecule has 0 radical (unpaired) electrons. The molecular formula is C22H12Cl3F3N2O8. The summed E-state index contributed by atoms with van der Waals surface area (Å²) in [4.78, 5) is 42.9. The van der Waals surface area contributed by atoms with Crippen LogP contribution in [0.25, 0.3) is 0 Å². The van der Waals surface area contributed by atoms with Crippen molar-refractivity contribution in [3.63, 3.8) is 0 Å². The van der Waals surface area contributed by atoms with Crippen LogP contribution in [-0.2, 0) is 0 Å². The smallest absolute Gasteiger partial charge is 0.497 e.